The van der Waals surface area contributed by atoms with Gasteiger partial charge in [-0.25, -0.2) is 4.57 Å². The fraction of sp³-hybridized carbons (Fsp3) is 0.875. The highest BCUT2D eigenvalue weighted by Gasteiger charge is 2.29. The summed E-state index contributed by atoms with van der Waals surface area (Å²) >= 11 is 4.74. The zero-order valence-corrected chi connectivity index (χ0v) is 11.4. The van der Waals surface area contributed by atoms with Gasteiger partial charge < -0.3 is 4.74 Å². The normalized spacial score (nSPS) is 11.9. The minimum absolute atomic E-state index is 0.0142. The Balaban J connectivity index is 4.55. The molecule has 0 bridgehead atoms. The number of nitrogens with one attached hydrogen (secondary N) is 1. The van der Waals surface area contributed by atoms with Crippen LogP contribution < -0.4 is 5.09 Å². The van der Waals surface area contributed by atoms with Crippen LogP contribution >= 0.6 is 20.0 Å². The van der Waals surface area contributed by atoms with Crippen LogP contribution in [0.5, 0.6) is 0 Å². The van der Waals surface area contributed by atoms with Gasteiger partial charge in [0.05, 0.1) is 19.3 Å². The fourth-order valence-corrected chi connectivity index (χ4v) is 2.71. The first kappa shape index (κ1) is 14.8. The molecular formula is C8H18NO4PS. The molecule has 7 heteroatoms. The Labute approximate surface area is 96.1 Å². The van der Waals surface area contributed by atoms with Crippen LogP contribution in [0, 0.1) is 0 Å². The molecule has 0 heterocycles. The smallest absolute Gasteiger partial charge is 0.436 e. The molecule has 0 rings (SSSR count). The summed E-state index contributed by atoms with van der Waals surface area (Å²) in [5.74, 6) is 0. The summed E-state index contributed by atoms with van der Waals surface area (Å²) in [5, 5.41) is 2.41. The lowest BCUT2D eigenvalue weighted by atomic mass is 10.5. The second-order valence-electron chi connectivity index (χ2n) is 3.41. The van der Waals surface area contributed by atoms with E-state index in [4.69, 9.17) is 26.0 Å². The van der Waals surface area contributed by atoms with Crippen molar-refractivity contribution in [1.29, 1.82) is 0 Å². The van der Waals surface area contributed by atoms with E-state index in [9.17, 15) is 4.57 Å². The van der Waals surface area contributed by atoms with Crippen LogP contribution in [-0.4, -0.2) is 24.5 Å². The maximum atomic E-state index is 12.1. The summed E-state index contributed by atoms with van der Waals surface area (Å²) < 4.78 is 27.1. The summed E-state index contributed by atoms with van der Waals surface area (Å²) in [6.45, 7) is 7.03. The Morgan fingerprint density at radius 1 is 1.20 bits per heavy atom. The van der Waals surface area contributed by atoms with Crippen molar-refractivity contribution in [3.63, 3.8) is 0 Å². The van der Waals surface area contributed by atoms with Crippen LogP contribution in [0.4, 0.5) is 0 Å². The molecule has 0 radical (unpaired) electrons. The second kappa shape index (κ2) is 6.43. The van der Waals surface area contributed by atoms with E-state index in [-0.39, 0.29) is 17.4 Å². The predicted octanol–water partition coefficient (Wildman–Crippen LogP) is 2.47. The summed E-state index contributed by atoms with van der Waals surface area (Å²) in [6.07, 6.45) is -0.469. The van der Waals surface area contributed by atoms with Crippen LogP contribution in [0.25, 0.3) is 0 Å². The Kier molecular flexibility index (Phi) is 6.36. The number of thiocarbonyl (C=S) groups is 1. The molecule has 0 aliphatic rings. The quantitative estimate of drug-likeness (QED) is 0.601. The molecule has 0 unspecified atom stereocenters. The number of hydrogen-bond acceptors (Lipinski definition) is 5. The maximum Gasteiger partial charge on any atom is 0.436 e. The first-order valence-electron chi connectivity index (χ1n) is 4.62. The summed E-state index contributed by atoms with van der Waals surface area (Å²) in [5.41, 5.74) is 0. The van der Waals surface area contributed by atoms with E-state index < -0.39 is 7.75 Å². The van der Waals surface area contributed by atoms with Crippen LogP contribution in [0.2, 0.25) is 0 Å². The van der Waals surface area contributed by atoms with Crippen LogP contribution in [0.1, 0.15) is 27.7 Å². The molecule has 0 atom stereocenters. The van der Waals surface area contributed by atoms with Gasteiger partial charge in [0.1, 0.15) is 0 Å². The van der Waals surface area contributed by atoms with Crippen LogP contribution in [-0.2, 0) is 18.3 Å². The third-order valence-corrected chi connectivity index (χ3v) is 3.41. The average Bonchev–Trinajstić information content (AvgIpc) is 1.99. The van der Waals surface area contributed by atoms with Crippen molar-refractivity contribution in [1.82, 2.24) is 5.09 Å². The fourth-order valence-electron chi connectivity index (χ4n) is 0.790. The molecular weight excluding hydrogens is 237 g/mol. The molecule has 5 nitrogen and oxygen atoms in total. The lowest BCUT2D eigenvalue weighted by Gasteiger charge is -2.23. The monoisotopic (exact) mass is 255 g/mol. The van der Waals surface area contributed by atoms with Gasteiger partial charge in [0.25, 0.3) is 5.17 Å². The number of hydrogen-bond donors (Lipinski definition) is 1. The largest absolute Gasteiger partial charge is 0.474 e. The van der Waals surface area contributed by atoms with E-state index in [1.165, 1.54) is 7.11 Å². The number of methoxy groups -OCH3 is 1. The molecule has 0 aromatic heterocycles. The molecule has 0 aliphatic carbocycles. The zero-order valence-electron chi connectivity index (χ0n) is 9.64. The summed E-state index contributed by atoms with van der Waals surface area (Å²) in [6, 6.07) is 0. The van der Waals surface area contributed by atoms with Crippen molar-refractivity contribution in [2.75, 3.05) is 7.11 Å². The Bertz CT molecular complexity index is 243. The minimum atomic E-state index is -3.42. The van der Waals surface area contributed by atoms with E-state index in [0.29, 0.717) is 0 Å². The third kappa shape index (κ3) is 6.84. The first-order chi connectivity index (χ1) is 6.79. The molecule has 0 amide bonds. The zero-order chi connectivity index (χ0) is 12.1. The topological polar surface area (TPSA) is 56.8 Å². The van der Waals surface area contributed by atoms with Crippen molar-refractivity contribution < 1.29 is 18.3 Å². The molecule has 0 aromatic carbocycles. The van der Waals surface area contributed by atoms with E-state index >= 15 is 0 Å². The predicted molar refractivity (Wildman–Crippen MR) is 62.8 cm³/mol. The highest BCUT2D eigenvalue weighted by Crippen LogP contribution is 2.46. The van der Waals surface area contributed by atoms with Gasteiger partial charge in [-0.1, -0.05) is 0 Å². The Morgan fingerprint density at radius 3 is 1.87 bits per heavy atom. The highest BCUT2D eigenvalue weighted by atomic mass is 32.1. The maximum absolute atomic E-state index is 12.1. The van der Waals surface area contributed by atoms with E-state index in [0.717, 1.165) is 0 Å². The Morgan fingerprint density at radius 2 is 1.60 bits per heavy atom. The molecule has 0 saturated carbocycles. The molecule has 0 fully saturated rings. The molecule has 1 N–H and O–H groups in total. The lowest BCUT2D eigenvalue weighted by molar-refractivity contribution is 0.138. The van der Waals surface area contributed by atoms with E-state index in [1.54, 1.807) is 27.7 Å². The van der Waals surface area contributed by atoms with Crippen molar-refractivity contribution in [3.8, 4) is 0 Å². The molecule has 0 aromatic rings. The van der Waals surface area contributed by atoms with Gasteiger partial charge in [0.2, 0.25) is 0 Å². The van der Waals surface area contributed by atoms with Gasteiger partial charge in [0.15, 0.2) is 0 Å². The third-order valence-electron chi connectivity index (χ3n) is 1.11. The van der Waals surface area contributed by atoms with Crippen molar-refractivity contribution in [3.05, 3.63) is 0 Å². The van der Waals surface area contributed by atoms with Gasteiger partial charge in [-0.2, -0.15) is 0 Å². The van der Waals surface area contributed by atoms with Crippen LogP contribution in [0.15, 0.2) is 0 Å². The first-order valence-corrected chi connectivity index (χ1v) is 6.57. The number of ether oxygens (including phenoxy) is 1. The molecule has 0 saturated heterocycles. The SMILES string of the molecule is COC(=S)NP(=O)(OC(C)C)OC(C)C. The molecule has 0 aliphatic heterocycles. The Hall–Kier alpha value is -0.160. The minimum Gasteiger partial charge on any atom is -0.474 e. The average molecular weight is 255 g/mol. The number of rotatable bonds is 5. The summed E-state index contributed by atoms with van der Waals surface area (Å²) in [7, 11) is -2.04. The second-order valence-corrected chi connectivity index (χ2v) is 5.42. The summed E-state index contributed by atoms with van der Waals surface area (Å²) in [4.78, 5) is 0. The van der Waals surface area contributed by atoms with Gasteiger partial charge in [-0.15, -0.1) is 0 Å². The molecule has 15 heavy (non-hydrogen) atoms. The van der Waals surface area contributed by atoms with Crippen molar-refractivity contribution in [2.45, 2.75) is 39.9 Å². The van der Waals surface area contributed by atoms with Gasteiger partial charge in [-0.3, -0.25) is 14.1 Å². The molecule has 90 valence electrons. The van der Waals surface area contributed by atoms with Crippen molar-refractivity contribution in [2.24, 2.45) is 0 Å². The van der Waals surface area contributed by atoms with Crippen LogP contribution in [0.3, 0.4) is 0 Å². The molecule has 0 spiro atoms. The standard InChI is InChI=1S/C8H18NO4PS/c1-6(2)12-14(10,13-7(3)4)9-8(15)11-5/h6-7H,1-5H3,(H,9,10,15). The lowest BCUT2D eigenvalue weighted by Crippen LogP contribution is -2.25. The van der Waals surface area contributed by atoms with Gasteiger partial charge in [0, 0.05) is 0 Å². The highest BCUT2D eigenvalue weighted by molar-refractivity contribution is 7.80. The van der Waals surface area contributed by atoms with Gasteiger partial charge >= 0.3 is 7.75 Å². The van der Waals surface area contributed by atoms with Gasteiger partial charge in [-0.05, 0) is 39.9 Å². The van der Waals surface area contributed by atoms with E-state index in [2.05, 4.69) is 5.09 Å². The van der Waals surface area contributed by atoms with E-state index in [1.807, 2.05) is 0 Å². The van der Waals surface area contributed by atoms with Crippen molar-refractivity contribution >= 4 is 25.1 Å².